The van der Waals surface area contributed by atoms with E-state index in [1.165, 1.54) is 10.5 Å². The van der Waals surface area contributed by atoms with E-state index >= 15 is 0 Å². The second kappa shape index (κ2) is 6.27. The molecule has 0 unspecified atom stereocenters. The number of halogens is 1. The van der Waals surface area contributed by atoms with Gasteiger partial charge in [0.25, 0.3) is 0 Å². The van der Waals surface area contributed by atoms with E-state index in [2.05, 4.69) is 60.1 Å². The largest absolute Gasteiger partial charge is 0.192 e. The van der Waals surface area contributed by atoms with Crippen LogP contribution in [0, 0.1) is 11.3 Å². The van der Waals surface area contributed by atoms with Gasteiger partial charge in [-0.25, -0.2) is 0 Å². The topological polar surface area (TPSA) is 23.8 Å². The molecule has 0 spiro atoms. The van der Waals surface area contributed by atoms with Gasteiger partial charge in [0.15, 0.2) is 0 Å². The van der Waals surface area contributed by atoms with Gasteiger partial charge in [0, 0.05) is 14.3 Å². The van der Waals surface area contributed by atoms with Crippen LogP contribution in [-0.2, 0) is 0 Å². The van der Waals surface area contributed by atoms with Crippen molar-refractivity contribution in [3.63, 3.8) is 0 Å². The quantitative estimate of drug-likeness (QED) is 0.731. The van der Waals surface area contributed by atoms with Crippen LogP contribution in [0.5, 0.6) is 0 Å². The van der Waals surface area contributed by atoms with Gasteiger partial charge in [0.1, 0.15) is 0 Å². The summed E-state index contributed by atoms with van der Waals surface area (Å²) in [6.07, 6.45) is 0. The van der Waals surface area contributed by atoms with Crippen molar-refractivity contribution in [2.24, 2.45) is 0 Å². The van der Waals surface area contributed by atoms with Crippen molar-refractivity contribution in [2.75, 3.05) is 0 Å². The van der Waals surface area contributed by atoms with Gasteiger partial charge in [-0.3, -0.25) is 0 Å². The molecule has 2 rings (SSSR count). The van der Waals surface area contributed by atoms with Crippen LogP contribution in [0.1, 0.15) is 30.9 Å². The van der Waals surface area contributed by atoms with Gasteiger partial charge in [-0.15, -0.1) is 0 Å². The zero-order valence-electron chi connectivity index (χ0n) is 10.9. The van der Waals surface area contributed by atoms with E-state index in [0.29, 0.717) is 11.5 Å². The molecule has 0 N–H and O–H groups in total. The van der Waals surface area contributed by atoms with Crippen molar-refractivity contribution >= 4 is 27.7 Å². The van der Waals surface area contributed by atoms with Crippen molar-refractivity contribution in [3.8, 4) is 6.07 Å². The summed E-state index contributed by atoms with van der Waals surface area (Å²) >= 11 is 5.10. The highest BCUT2D eigenvalue weighted by molar-refractivity contribution is 9.10. The zero-order valence-corrected chi connectivity index (χ0v) is 13.3. The van der Waals surface area contributed by atoms with E-state index in [9.17, 15) is 0 Å². The summed E-state index contributed by atoms with van der Waals surface area (Å²) in [6, 6.07) is 16.5. The van der Waals surface area contributed by atoms with Crippen LogP contribution >= 0.6 is 27.7 Å². The first kappa shape index (κ1) is 14.2. The van der Waals surface area contributed by atoms with Crippen molar-refractivity contribution in [3.05, 3.63) is 58.1 Å². The molecule has 0 bridgehead atoms. The van der Waals surface area contributed by atoms with Crippen LogP contribution < -0.4 is 0 Å². The molecule has 0 aliphatic heterocycles. The van der Waals surface area contributed by atoms with Gasteiger partial charge < -0.3 is 0 Å². The first-order valence-electron chi connectivity index (χ1n) is 6.07. The standard InChI is InChI=1S/C16H14BrNS/c1-11(2)13-3-5-15(6-4-13)19-16-8-12(10-18)7-14(17)9-16/h3-9,11H,1-2H3. The Bertz CT molecular complexity index is 612. The number of hydrogen-bond acceptors (Lipinski definition) is 2. The Kier molecular flexibility index (Phi) is 4.68. The lowest BCUT2D eigenvalue weighted by Crippen LogP contribution is -1.86. The van der Waals surface area contributed by atoms with Crippen LogP contribution in [-0.4, -0.2) is 0 Å². The molecule has 0 saturated carbocycles. The van der Waals surface area contributed by atoms with Gasteiger partial charge in [0.2, 0.25) is 0 Å². The first-order valence-corrected chi connectivity index (χ1v) is 7.68. The molecule has 3 heteroatoms. The highest BCUT2D eigenvalue weighted by Crippen LogP contribution is 2.31. The maximum Gasteiger partial charge on any atom is 0.0992 e. The fourth-order valence-corrected chi connectivity index (χ4v) is 3.30. The third kappa shape index (κ3) is 3.86. The SMILES string of the molecule is CC(C)c1ccc(Sc2cc(Br)cc(C#N)c2)cc1. The second-order valence-electron chi connectivity index (χ2n) is 4.61. The Morgan fingerprint density at radius 2 is 1.74 bits per heavy atom. The highest BCUT2D eigenvalue weighted by atomic mass is 79.9. The minimum Gasteiger partial charge on any atom is -0.192 e. The Morgan fingerprint density at radius 3 is 2.32 bits per heavy atom. The molecule has 0 aliphatic carbocycles. The molecule has 1 nitrogen and oxygen atoms in total. The average molecular weight is 332 g/mol. The van der Waals surface area contributed by atoms with Gasteiger partial charge in [-0.1, -0.05) is 53.7 Å². The monoisotopic (exact) mass is 331 g/mol. The number of hydrogen-bond donors (Lipinski definition) is 0. The molecule has 0 aromatic heterocycles. The molecule has 2 aromatic rings. The molecule has 0 amide bonds. The summed E-state index contributed by atoms with van der Waals surface area (Å²) in [6.45, 7) is 4.38. The van der Waals surface area contributed by atoms with Crippen molar-refractivity contribution in [1.82, 2.24) is 0 Å². The molecule has 2 aromatic carbocycles. The number of nitrogens with zero attached hydrogens (tertiary/aromatic N) is 1. The summed E-state index contributed by atoms with van der Waals surface area (Å²) in [4.78, 5) is 2.26. The third-order valence-corrected chi connectivity index (χ3v) is 4.22. The molecular formula is C16H14BrNS. The van der Waals surface area contributed by atoms with Gasteiger partial charge >= 0.3 is 0 Å². The van der Waals surface area contributed by atoms with Gasteiger partial charge in [-0.05, 0) is 41.8 Å². The Labute approximate surface area is 126 Å². The maximum absolute atomic E-state index is 8.97. The fourth-order valence-electron chi connectivity index (χ4n) is 1.74. The van der Waals surface area contributed by atoms with E-state index in [-0.39, 0.29) is 0 Å². The summed E-state index contributed by atoms with van der Waals surface area (Å²) in [5.41, 5.74) is 2.02. The second-order valence-corrected chi connectivity index (χ2v) is 6.68. The van der Waals surface area contributed by atoms with Crippen molar-refractivity contribution < 1.29 is 0 Å². The van der Waals surface area contributed by atoms with E-state index in [1.54, 1.807) is 11.8 Å². The maximum atomic E-state index is 8.97. The minimum absolute atomic E-state index is 0.551. The lowest BCUT2D eigenvalue weighted by molar-refractivity contribution is 0.865. The summed E-state index contributed by atoms with van der Waals surface area (Å²) in [5.74, 6) is 0.551. The molecule has 96 valence electrons. The summed E-state index contributed by atoms with van der Waals surface area (Å²) < 4.78 is 0.938. The van der Waals surface area contributed by atoms with Crippen LogP contribution in [0.3, 0.4) is 0 Å². The average Bonchev–Trinajstić information content (AvgIpc) is 2.38. The zero-order chi connectivity index (χ0) is 13.8. The first-order chi connectivity index (χ1) is 9.08. The van der Waals surface area contributed by atoms with E-state index in [0.717, 1.165) is 9.37 Å². The van der Waals surface area contributed by atoms with Gasteiger partial charge in [-0.2, -0.15) is 5.26 Å². The summed E-state index contributed by atoms with van der Waals surface area (Å²) in [7, 11) is 0. The molecule has 0 heterocycles. The highest BCUT2D eigenvalue weighted by Gasteiger charge is 2.03. The Morgan fingerprint density at radius 1 is 1.05 bits per heavy atom. The lowest BCUT2D eigenvalue weighted by Gasteiger charge is -2.07. The lowest BCUT2D eigenvalue weighted by atomic mass is 10.0. The van der Waals surface area contributed by atoms with E-state index in [1.807, 2.05) is 18.2 Å². The normalized spacial score (nSPS) is 10.5. The van der Waals surface area contributed by atoms with Crippen LogP contribution in [0.4, 0.5) is 0 Å². The van der Waals surface area contributed by atoms with E-state index < -0.39 is 0 Å². The number of nitriles is 1. The Hall–Kier alpha value is -1.24. The molecular weight excluding hydrogens is 318 g/mol. The summed E-state index contributed by atoms with van der Waals surface area (Å²) in [5, 5.41) is 8.97. The number of benzene rings is 2. The van der Waals surface area contributed by atoms with Crippen molar-refractivity contribution in [2.45, 2.75) is 29.6 Å². The molecule has 0 atom stereocenters. The predicted octanol–water partition coefficient (Wildman–Crippen LogP) is 5.60. The van der Waals surface area contributed by atoms with E-state index in [4.69, 9.17) is 5.26 Å². The molecule has 0 aliphatic rings. The number of rotatable bonds is 3. The molecule has 0 saturated heterocycles. The predicted molar refractivity (Wildman–Crippen MR) is 83.5 cm³/mol. The third-order valence-electron chi connectivity index (χ3n) is 2.78. The minimum atomic E-state index is 0.551. The molecule has 0 radical (unpaired) electrons. The molecule has 19 heavy (non-hydrogen) atoms. The van der Waals surface area contributed by atoms with Crippen LogP contribution in [0.15, 0.2) is 56.7 Å². The van der Waals surface area contributed by atoms with Crippen LogP contribution in [0.25, 0.3) is 0 Å². The van der Waals surface area contributed by atoms with Gasteiger partial charge in [0.05, 0.1) is 11.6 Å². The van der Waals surface area contributed by atoms with Crippen LogP contribution in [0.2, 0.25) is 0 Å². The smallest absolute Gasteiger partial charge is 0.0992 e. The molecule has 0 fully saturated rings. The van der Waals surface area contributed by atoms with Crippen molar-refractivity contribution in [1.29, 1.82) is 5.26 Å². The Balaban J connectivity index is 2.21. The fraction of sp³-hybridized carbons (Fsp3) is 0.188.